The van der Waals surface area contributed by atoms with E-state index in [9.17, 15) is 14.0 Å². The summed E-state index contributed by atoms with van der Waals surface area (Å²) in [6.45, 7) is 3.90. The summed E-state index contributed by atoms with van der Waals surface area (Å²) in [5.74, 6) is -1.43. The van der Waals surface area contributed by atoms with Gasteiger partial charge in [0.1, 0.15) is 19.0 Å². The number of ether oxygens (including phenoxy) is 2. The second-order valence-corrected chi connectivity index (χ2v) is 3.72. The topological polar surface area (TPSA) is 65.5 Å². The first-order valence-electron chi connectivity index (χ1n) is 5.31. The summed E-state index contributed by atoms with van der Waals surface area (Å²) in [6, 6.07) is 0. The summed E-state index contributed by atoms with van der Waals surface area (Å²) in [4.78, 5) is 25.4. The summed E-state index contributed by atoms with van der Waals surface area (Å²) in [7, 11) is 0. The first-order chi connectivity index (χ1) is 8.41. The fraction of sp³-hybridized carbons (Fsp3) is 0.417. The second-order valence-electron chi connectivity index (χ2n) is 3.72. The second kappa shape index (κ2) is 6.09. The van der Waals surface area contributed by atoms with E-state index in [-0.39, 0.29) is 13.2 Å². The van der Waals surface area contributed by atoms with Gasteiger partial charge in [-0.2, -0.15) is 0 Å². The Morgan fingerprint density at radius 3 is 2.33 bits per heavy atom. The Morgan fingerprint density at radius 1 is 1.22 bits per heavy atom. The molecule has 1 aromatic rings. The van der Waals surface area contributed by atoms with Crippen LogP contribution in [0.15, 0.2) is 6.20 Å². The van der Waals surface area contributed by atoms with Gasteiger partial charge in [-0.05, 0) is 12.5 Å². The molecular weight excluding hydrogens is 241 g/mol. The monoisotopic (exact) mass is 255 g/mol. The van der Waals surface area contributed by atoms with Gasteiger partial charge in [0.15, 0.2) is 0 Å². The van der Waals surface area contributed by atoms with E-state index in [4.69, 9.17) is 9.47 Å². The van der Waals surface area contributed by atoms with Crippen molar-refractivity contribution in [3.63, 3.8) is 0 Å². The molecule has 0 bridgehead atoms. The Bertz CT molecular complexity index is 473. The maximum atomic E-state index is 13.4. The van der Waals surface area contributed by atoms with Crippen molar-refractivity contribution < 1.29 is 23.5 Å². The van der Waals surface area contributed by atoms with Crippen LogP contribution in [0.1, 0.15) is 30.7 Å². The lowest BCUT2D eigenvalue weighted by Gasteiger charge is -2.12. The highest BCUT2D eigenvalue weighted by Gasteiger charge is 2.13. The standard InChI is InChI=1S/C12H14FNO4/c1-7-10(5-17-8(2)15)12(6-18-9(3)16)14-4-11(7)13/h4H,5-6H2,1-3H3. The molecule has 0 aliphatic carbocycles. The average molecular weight is 255 g/mol. The van der Waals surface area contributed by atoms with Crippen LogP contribution in [0.2, 0.25) is 0 Å². The smallest absolute Gasteiger partial charge is 0.303 e. The molecule has 1 rings (SSSR count). The summed E-state index contributed by atoms with van der Waals surface area (Å²) < 4.78 is 23.0. The molecule has 1 aromatic heterocycles. The number of hydrogen-bond acceptors (Lipinski definition) is 5. The van der Waals surface area contributed by atoms with Crippen molar-refractivity contribution in [2.24, 2.45) is 0 Å². The van der Waals surface area contributed by atoms with Crippen LogP contribution in [0, 0.1) is 12.7 Å². The molecule has 0 aliphatic rings. The Hall–Kier alpha value is -1.98. The van der Waals surface area contributed by atoms with Crippen molar-refractivity contribution in [1.29, 1.82) is 0 Å². The number of rotatable bonds is 4. The molecule has 0 saturated carbocycles. The van der Waals surface area contributed by atoms with Crippen molar-refractivity contribution in [3.05, 3.63) is 28.8 Å². The van der Waals surface area contributed by atoms with E-state index in [0.29, 0.717) is 16.8 Å². The first-order valence-corrected chi connectivity index (χ1v) is 5.31. The van der Waals surface area contributed by atoms with E-state index in [0.717, 1.165) is 6.20 Å². The van der Waals surface area contributed by atoms with Crippen molar-refractivity contribution in [2.75, 3.05) is 0 Å². The third kappa shape index (κ3) is 3.80. The van der Waals surface area contributed by atoms with Crippen LogP contribution in [0.4, 0.5) is 4.39 Å². The number of carbonyl (C=O) groups excluding carboxylic acids is 2. The van der Waals surface area contributed by atoms with E-state index in [1.807, 2.05) is 0 Å². The van der Waals surface area contributed by atoms with Gasteiger partial charge < -0.3 is 9.47 Å². The van der Waals surface area contributed by atoms with Crippen molar-refractivity contribution in [2.45, 2.75) is 34.0 Å². The zero-order valence-corrected chi connectivity index (χ0v) is 10.4. The van der Waals surface area contributed by atoms with Crippen LogP contribution in [0.3, 0.4) is 0 Å². The molecule has 98 valence electrons. The van der Waals surface area contributed by atoms with Gasteiger partial charge in [-0.3, -0.25) is 14.6 Å². The average Bonchev–Trinajstić information content (AvgIpc) is 2.29. The normalized spacial score (nSPS) is 10.0. The van der Waals surface area contributed by atoms with Crippen LogP contribution >= 0.6 is 0 Å². The van der Waals surface area contributed by atoms with E-state index in [2.05, 4.69) is 4.98 Å². The minimum Gasteiger partial charge on any atom is -0.461 e. The lowest BCUT2D eigenvalue weighted by molar-refractivity contribution is -0.144. The molecule has 0 aromatic carbocycles. The minimum atomic E-state index is -0.497. The molecule has 0 saturated heterocycles. The molecule has 0 atom stereocenters. The van der Waals surface area contributed by atoms with Gasteiger partial charge in [0.2, 0.25) is 0 Å². The maximum absolute atomic E-state index is 13.4. The predicted octanol–water partition coefficient (Wildman–Crippen LogP) is 1.66. The largest absolute Gasteiger partial charge is 0.461 e. The highest BCUT2D eigenvalue weighted by atomic mass is 19.1. The predicted molar refractivity (Wildman–Crippen MR) is 59.9 cm³/mol. The SMILES string of the molecule is CC(=O)OCc1ncc(F)c(C)c1COC(C)=O. The lowest BCUT2D eigenvalue weighted by Crippen LogP contribution is -2.10. The zero-order chi connectivity index (χ0) is 13.7. The Labute approximate surface area is 104 Å². The summed E-state index contributed by atoms with van der Waals surface area (Å²) in [6.07, 6.45) is 1.05. The zero-order valence-electron chi connectivity index (χ0n) is 10.4. The summed E-state index contributed by atoms with van der Waals surface area (Å²) in [5, 5.41) is 0. The first kappa shape index (κ1) is 14.1. The summed E-state index contributed by atoms with van der Waals surface area (Å²) >= 11 is 0. The molecule has 0 aliphatic heterocycles. The van der Waals surface area contributed by atoms with Gasteiger partial charge in [0, 0.05) is 19.4 Å². The molecule has 0 fully saturated rings. The molecule has 0 N–H and O–H groups in total. The van der Waals surface area contributed by atoms with E-state index in [1.165, 1.54) is 13.8 Å². The number of esters is 2. The van der Waals surface area contributed by atoms with E-state index >= 15 is 0 Å². The van der Waals surface area contributed by atoms with Gasteiger partial charge in [-0.25, -0.2) is 4.39 Å². The molecular formula is C12H14FNO4. The van der Waals surface area contributed by atoms with Crippen molar-refractivity contribution in [1.82, 2.24) is 4.98 Å². The minimum absolute atomic E-state index is 0.0763. The number of nitrogens with zero attached hydrogens (tertiary/aromatic N) is 1. The molecule has 6 heteroatoms. The summed E-state index contributed by atoms with van der Waals surface area (Å²) in [5.41, 5.74) is 1.13. The number of hydrogen-bond donors (Lipinski definition) is 0. The Morgan fingerprint density at radius 2 is 1.78 bits per heavy atom. The van der Waals surface area contributed by atoms with Crippen LogP contribution < -0.4 is 0 Å². The fourth-order valence-corrected chi connectivity index (χ4v) is 1.33. The molecule has 0 amide bonds. The number of halogens is 1. The Kier molecular flexibility index (Phi) is 4.76. The van der Waals surface area contributed by atoms with E-state index in [1.54, 1.807) is 6.92 Å². The van der Waals surface area contributed by atoms with Gasteiger partial charge in [-0.15, -0.1) is 0 Å². The van der Waals surface area contributed by atoms with Crippen molar-refractivity contribution in [3.8, 4) is 0 Å². The third-order valence-corrected chi connectivity index (χ3v) is 2.32. The fourth-order valence-electron chi connectivity index (χ4n) is 1.33. The van der Waals surface area contributed by atoms with Crippen molar-refractivity contribution >= 4 is 11.9 Å². The van der Waals surface area contributed by atoms with Crippen LogP contribution in [-0.4, -0.2) is 16.9 Å². The van der Waals surface area contributed by atoms with Gasteiger partial charge in [0.05, 0.1) is 11.9 Å². The molecule has 0 spiro atoms. The molecule has 5 nitrogen and oxygen atoms in total. The number of aromatic nitrogens is 1. The number of carbonyl (C=O) groups is 2. The van der Waals surface area contributed by atoms with Gasteiger partial charge in [-0.1, -0.05) is 0 Å². The molecule has 0 unspecified atom stereocenters. The molecule has 18 heavy (non-hydrogen) atoms. The van der Waals surface area contributed by atoms with Crippen LogP contribution in [0.5, 0.6) is 0 Å². The van der Waals surface area contributed by atoms with Gasteiger partial charge >= 0.3 is 11.9 Å². The number of pyridine rings is 1. The molecule has 0 radical (unpaired) electrons. The Balaban J connectivity index is 2.96. The van der Waals surface area contributed by atoms with Gasteiger partial charge in [0.25, 0.3) is 0 Å². The van der Waals surface area contributed by atoms with Crippen LogP contribution in [0.25, 0.3) is 0 Å². The third-order valence-electron chi connectivity index (χ3n) is 2.32. The van der Waals surface area contributed by atoms with E-state index < -0.39 is 17.8 Å². The highest BCUT2D eigenvalue weighted by Crippen LogP contribution is 2.17. The van der Waals surface area contributed by atoms with Crippen LogP contribution in [-0.2, 0) is 32.3 Å². The lowest BCUT2D eigenvalue weighted by atomic mass is 10.1. The quantitative estimate of drug-likeness (QED) is 0.765. The maximum Gasteiger partial charge on any atom is 0.303 e. The molecule has 1 heterocycles. The highest BCUT2D eigenvalue weighted by molar-refractivity contribution is 5.66.